The molecule has 0 amide bonds. The van der Waals surface area contributed by atoms with Crippen molar-refractivity contribution in [1.82, 2.24) is 9.97 Å². The first-order chi connectivity index (χ1) is 11.7. The van der Waals surface area contributed by atoms with Crippen molar-refractivity contribution < 1.29 is 0 Å². The van der Waals surface area contributed by atoms with E-state index >= 15 is 0 Å². The maximum Gasteiger partial charge on any atom is 0.183 e. The second-order valence-corrected chi connectivity index (χ2v) is 7.09. The van der Waals surface area contributed by atoms with Gasteiger partial charge in [-0.2, -0.15) is 0 Å². The van der Waals surface area contributed by atoms with Crippen LogP contribution in [0.1, 0.15) is 30.9 Å². The summed E-state index contributed by atoms with van der Waals surface area (Å²) in [5.41, 5.74) is 5.93. The van der Waals surface area contributed by atoms with Gasteiger partial charge in [-0.05, 0) is 50.1 Å². The van der Waals surface area contributed by atoms with Gasteiger partial charge in [-0.3, -0.25) is 4.98 Å². The molecule has 0 saturated carbocycles. The number of unbranched alkanes of at least 4 members (excludes halogenated alkanes) is 1. The average molecular weight is 337 g/mol. The Morgan fingerprint density at radius 2 is 1.71 bits per heavy atom. The van der Waals surface area contributed by atoms with Crippen LogP contribution in [-0.2, 0) is 0 Å². The molecule has 0 spiro atoms. The van der Waals surface area contributed by atoms with Gasteiger partial charge in [-0.1, -0.05) is 41.9 Å². The number of benzene rings is 1. The van der Waals surface area contributed by atoms with Crippen LogP contribution in [0.4, 0.5) is 5.13 Å². The first kappa shape index (κ1) is 16.7. The summed E-state index contributed by atoms with van der Waals surface area (Å²) in [6.07, 6.45) is 6.01. The van der Waals surface area contributed by atoms with Crippen molar-refractivity contribution in [3.63, 3.8) is 0 Å². The first-order valence-corrected chi connectivity index (χ1v) is 9.23. The van der Waals surface area contributed by atoms with E-state index in [4.69, 9.17) is 4.98 Å². The molecule has 0 saturated heterocycles. The molecule has 24 heavy (non-hydrogen) atoms. The molecule has 0 radical (unpaired) electrons. The van der Waals surface area contributed by atoms with Crippen molar-refractivity contribution in [2.24, 2.45) is 0 Å². The lowest BCUT2D eigenvalue weighted by atomic mass is 10.0. The molecular formula is C20H23N3S. The highest BCUT2D eigenvalue weighted by Crippen LogP contribution is 2.39. The molecule has 0 atom stereocenters. The fourth-order valence-corrected chi connectivity index (χ4v) is 3.79. The minimum Gasteiger partial charge on any atom is -0.361 e. The van der Waals surface area contributed by atoms with Crippen molar-refractivity contribution in [2.75, 3.05) is 11.9 Å². The first-order valence-electron chi connectivity index (χ1n) is 8.41. The fraction of sp³-hybridized carbons (Fsp3) is 0.300. The van der Waals surface area contributed by atoms with Gasteiger partial charge in [-0.25, -0.2) is 4.98 Å². The van der Waals surface area contributed by atoms with Gasteiger partial charge in [0.05, 0.1) is 10.6 Å². The molecule has 0 unspecified atom stereocenters. The second-order valence-electron chi connectivity index (χ2n) is 6.09. The van der Waals surface area contributed by atoms with E-state index in [0.717, 1.165) is 23.8 Å². The van der Waals surface area contributed by atoms with Crippen molar-refractivity contribution in [3.05, 3.63) is 53.9 Å². The van der Waals surface area contributed by atoms with Crippen LogP contribution in [0, 0.1) is 13.8 Å². The standard InChI is InChI=1S/C20H23N3S/c1-4-5-8-22-20-23-18(17-12-14(2)11-15(3)13-17)19(24-20)16-6-9-21-10-7-16/h6-7,9-13H,4-5,8H2,1-3H3,(H,22,23). The summed E-state index contributed by atoms with van der Waals surface area (Å²) < 4.78 is 0. The summed E-state index contributed by atoms with van der Waals surface area (Å²) >= 11 is 1.72. The van der Waals surface area contributed by atoms with E-state index in [1.54, 1.807) is 11.3 Å². The van der Waals surface area contributed by atoms with Gasteiger partial charge in [0.2, 0.25) is 0 Å². The largest absolute Gasteiger partial charge is 0.361 e. The number of aryl methyl sites for hydroxylation is 2. The summed E-state index contributed by atoms with van der Waals surface area (Å²) in [7, 11) is 0. The third-order valence-corrected chi connectivity index (χ3v) is 4.93. The zero-order chi connectivity index (χ0) is 16.9. The van der Waals surface area contributed by atoms with E-state index in [1.807, 2.05) is 12.4 Å². The van der Waals surface area contributed by atoms with Crippen LogP contribution >= 0.6 is 11.3 Å². The number of nitrogens with zero attached hydrogens (tertiary/aromatic N) is 2. The smallest absolute Gasteiger partial charge is 0.183 e. The Hall–Kier alpha value is -2.20. The Labute approximate surface area is 147 Å². The van der Waals surface area contributed by atoms with Crippen molar-refractivity contribution in [2.45, 2.75) is 33.6 Å². The van der Waals surface area contributed by atoms with E-state index < -0.39 is 0 Å². The molecule has 3 rings (SSSR count). The molecule has 124 valence electrons. The zero-order valence-corrected chi connectivity index (χ0v) is 15.3. The number of anilines is 1. The number of pyridine rings is 1. The summed E-state index contributed by atoms with van der Waals surface area (Å²) in [4.78, 5) is 10.2. The summed E-state index contributed by atoms with van der Waals surface area (Å²) in [6, 6.07) is 10.7. The number of hydrogen-bond donors (Lipinski definition) is 1. The zero-order valence-electron chi connectivity index (χ0n) is 14.5. The number of rotatable bonds is 6. The van der Waals surface area contributed by atoms with Gasteiger partial charge < -0.3 is 5.32 Å². The minimum atomic E-state index is 0.964. The quantitative estimate of drug-likeness (QED) is 0.586. The van der Waals surface area contributed by atoms with Crippen molar-refractivity contribution in [3.8, 4) is 21.7 Å². The van der Waals surface area contributed by atoms with E-state index in [-0.39, 0.29) is 0 Å². The van der Waals surface area contributed by atoms with Crippen LogP contribution in [0.25, 0.3) is 21.7 Å². The summed E-state index contributed by atoms with van der Waals surface area (Å²) in [5, 5.41) is 4.46. The Kier molecular flexibility index (Phi) is 5.26. The van der Waals surface area contributed by atoms with Crippen LogP contribution in [0.15, 0.2) is 42.7 Å². The lowest BCUT2D eigenvalue weighted by molar-refractivity contribution is 0.833. The minimum absolute atomic E-state index is 0.964. The number of thiazole rings is 1. The maximum atomic E-state index is 4.90. The molecule has 3 aromatic rings. The van der Waals surface area contributed by atoms with Gasteiger partial charge in [0.1, 0.15) is 0 Å². The number of hydrogen-bond acceptors (Lipinski definition) is 4. The summed E-state index contributed by atoms with van der Waals surface area (Å²) in [6.45, 7) is 7.43. The Balaban J connectivity index is 2.05. The highest BCUT2D eigenvalue weighted by Gasteiger charge is 2.15. The Morgan fingerprint density at radius 3 is 2.38 bits per heavy atom. The molecule has 4 heteroatoms. The van der Waals surface area contributed by atoms with Gasteiger partial charge in [0.15, 0.2) is 5.13 Å². The van der Waals surface area contributed by atoms with Gasteiger partial charge in [-0.15, -0.1) is 0 Å². The third kappa shape index (κ3) is 3.82. The molecule has 0 aliphatic heterocycles. The predicted molar refractivity (Wildman–Crippen MR) is 104 cm³/mol. The highest BCUT2D eigenvalue weighted by atomic mass is 32.1. The Morgan fingerprint density at radius 1 is 1.00 bits per heavy atom. The second kappa shape index (κ2) is 7.58. The third-order valence-electron chi connectivity index (χ3n) is 3.87. The van der Waals surface area contributed by atoms with Crippen LogP contribution < -0.4 is 5.32 Å². The normalized spacial score (nSPS) is 10.8. The molecule has 0 aliphatic rings. The number of nitrogens with one attached hydrogen (secondary N) is 1. The fourth-order valence-electron chi connectivity index (χ4n) is 2.77. The molecule has 3 nitrogen and oxygen atoms in total. The van der Waals surface area contributed by atoms with Crippen LogP contribution in [-0.4, -0.2) is 16.5 Å². The van der Waals surface area contributed by atoms with E-state index in [0.29, 0.717) is 0 Å². The molecule has 0 fully saturated rings. The van der Waals surface area contributed by atoms with Crippen LogP contribution in [0.3, 0.4) is 0 Å². The van der Waals surface area contributed by atoms with Gasteiger partial charge >= 0.3 is 0 Å². The molecule has 1 aromatic carbocycles. The number of aromatic nitrogens is 2. The molecule has 1 N–H and O–H groups in total. The molecule has 2 aromatic heterocycles. The highest BCUT2D eigenvalue weighted by molar-refractivity contribution is 7.19. The van der Waals surface area contributed by atoms with Crippen molar-refractivity contribution >= 4 is 16.5 Å². The van der Waals surface area contributed by atoms with Gasteiger partial charge in [0, 0.05) is 24.5 Å². The van der Waals surface area contributed by atoms with Crippen LogP contribution in [0.5, 0.6) is 0 Å². The monoisotopic (exact) mass is 337 g/mol. The maximum absolute atomic E-state index is 4.90. The lowest BCUT2D eigenvalue weighted by Crippen LogP contribution is -1.99. The van der Waals surface area contributed by atoms with E-state index in [9.17, 15) is 0 Å². The molecular weight excluding hydrogens is 314 g/mol. The van der Waals surface area contributed by atoms with E-state index in [2.05, 4.69) is 61.4 Å². The molecule has 0 aliphatic carbocycles. The molecule has 0 bridgehead atoms. The average Bonchev–Trinajstić information content (AvgIpc) is 2.99. The molecule has 2 heterocycles. The van der Waals surface area contributed by atoms with E-state index in [1.165, 1.54) is 33.6 Å². The Bertz CT molecular complexity index is 789. The SMILES string of the molecule is CCCCNc1nc(-c2cc(C)cc(C)c2)c(-c2ccncc2)s1. The van der Waals surface area contributed by atoms with Crippen molar-refractivity contribution in [1.29, 1.82) is 0 Å². The van der Waals surface area contributed by atoms with Gasteiger partial charge in [0.25, 0.3) is 0 Å². The predicted octanol–water partition coefficient (Wildman–Crippen LogP) is 5.70. The lowest BCUT2D eigenvalue weighted by Gasteiger charge is -2.05. The van der Waals surface area contributed by atoms with Crippen LogP contribution in [0.2, 0.25) is 0 Å². The summed E-state index contributed by atoms with van der Waals surface area (Å²) in [5.74, 6) is 0. The topological polar surface area (TPSA) is 37.8 Å².